The first-order chi connectivity index (χ1) is 21.4. The summed E-state index contributed by atoms with van der Waals surface area (Å²) in [7, 11) is 0. The number of halogens is 1. The first-order valence-corrected chi connectivity index (χ1v) is 16.3. The minimum absolute atomic E-state index is 0.118. The zero-order valence-corrected chi connectivity index (χ0v) is 27.7. The fourth-order valence-electron chi connectivity index (χ4n) is 7.22. The molecule has 0 aromatic heterocycles. The van der Waals surface area contributed by atoms with E-state index in [9.17, 15) is 9.59 Å². The van der Waals surface area contributed by atoms with Crippen LogP contribution < -0.4 is 9.47 Å². The van der Waals surface area contributed by atoms with Crippen molar-refractivity contribution in [1.29, 1.82) is 0 Å². The molecule has 0 N–H and O–H groups in total. The number of rotatable bonds is 8. The zero-order chi connectivity index (χ0) is 31.9. The maximum atomic E-state index is 14.2. The standard InChI is InChI=1S/C39H42ClNO4/c1-6-44-34-18-27(15-16-33(34)45-24-26-13-10-14-28(40)17-26)35-36-29(19-38(2,3)21-31(36)42)41(23-25-11-8-7-9-12-25)30-20-39(4,5)22-32(43)37(30)35/h7-18,35H,6,19-24H2,1-5H3. The summed E-state index contributed by atoms with van der Waals surface area (Å²) in [5.41, 5.74) is 6.23. The number of carbonyl (C=O) groups excluding carboxylic acids is 2. The second-order valence-electron chi connectivity index (χ2n) is 14.2. The summed E-state index contributed by atoms with van der Waals surface area (Å²) >= 11 is 6.19. The maximum Gasteiger partial charge on any atom is 0.162 e. The average molecular weight is 624 g/mol. The molecule has 0 spiro atoms. The number of hydrogen-bond acceptors (Lipinski definition) is 5. The molecule has 2 aliphatic carbocycles. The van der Waals surface area contributed by atoms with Crippen molar-refractivity contribution in [3.8, 4) is 11.5 Å². The molecule has 0 saturated carbocycles. The molecular formula is C39H42ClNO4. The van der Waals surface area contributed by atoms with Crippen molar-refractivity contribution in [1.82, 2.24) is 4.90 Å². The van der Waals surface area contributed by atoms with Crippen molar-refractivity contribution >= 4 is 23.2 Å². The van der Waals surface area contributed by atoms with Crippen molar-refractivity contribution in [3.63, 3.8) is 0 Å². The lowest BCUT2D eigenvalue weighted by molar-refractivity contribution is -0.119. The Kier molecular flexibility index (Phi) is 8.43. The van der Waals surface area contributed by atoms with Gasteiger partial charge in [0.15, 0.2) is 23.1 Å². The van der Waals surface area contributed by atoms with Gasteiger partial charge >= 0.3 is 0 Å². The Morgan fingerprint density at radius 2 is 1.36 bits per heavy atom. The molecule has 234 valence electrons. The van der Waals surface area contributed by atoms with E-state index in [0.29, 0.717) is 49.1 Å². The third-order valence-electron chi connectivity index (χ3n) is 9.09. The summed E-state index contributed by atoms with van der Waals surface area (Å²) in [6.07, 6.45) is 2.43. The monoisotopic (exact) mass is 623 g/mol. The first kappa shape index (κ1) is 31.2. The predicted molar refractivity (Wildman–Crippen MR) is 178 cm³/mol. The summed E-state index contributed by atoms with van der Waals surface area (Å²) in [5, 5.41) is 0.656. The maximum absolute atomic E-state index is 14.2. The van der Waals surface area contributed by atoms with E-state index >= 15 is 0 Å². The molecule has 1 heterocycles. The minimum Gasteiger partial charge on any atom is -0.490 e. The van der Waals surface area contributed by atoms with Crippen molar-refractivity contribution < 1.29 is 19.1 Å². The summed E-state index contributed by atoms with van der Waals surface area (Å²) in [4.78, 5) is 30.7. The van der Waals surface area contributed by atoms with Crippen LogP contribution >= 0.6 is 11.6 Å². The van der Waals surface area contributed by atoms with Crippen LogP contribution in [0.2, 0.25) is 5.02 Å². The van der Waals surface area contributed by atoms with E-state index in [2.05, 4.69) is 44.7 Å². The van der Waals surface area contributed by atoms with E-state index in [1.807, 2.05) is 67.6 Å². The van der Waals surface area contributed by atoms with Gasteiger partial charge in [0.1, 0.15) is 6.61 Å². The van der Waals surface area contributed by atoms with Crippen molar-refractivity contribution in [2.24, 2.45) is 10.8 Å². The SMILES string of the molecule is CCOc1cc(C2C3=C(CC(C)(C)CC3=O)N(Cc3ccccc3)C3=C2C(=O)CC(C)(C)C3)ccc1OCc1cccc(Cl)c1. The molecule has 3 aromatic rings. The largest absolute Gasteiger partial charge is 0.490 e. The smallest absolute Gasteiger partial charge is 0.162 e. The Labute approximate surface area is 271 Å². The minimum atomic E-state index is -0.449. The fourth-order valence-corrected chi connectivity index (χ4v) is 7.43. The average Bonchev–Trinajstić information content (AvgIpc) is 2.97. The topological polar surface area (TPSA) is 55.8 Å². The number of ketones is 2. The molecule has 0 amide bonds. The van der Waals surface area contributed by atoms with Gasteiger partial charge in [-0.1, -0.05) is 87.8 Å². The van der Waals surface area contributed by atoms with Gasteiger partial charge in [0.2, 0.25) is 0 Å². The Morgan fingerprint density at radius 1 is 0.733 bits per heavy atom. The molecule has 0 fully saturated rings. The Bertz CT molecular complexity index is 1650. The molecule has 45 heavy (non-hydrogen) atoms. The number of Topliss-reactive ketones (excluding diaryl/α,β-unsaturated/α-hetero) is 2. The van der Waals surface area contributed by atoms with E-state index in [4.69, 9.17) is 21.1 Å². The van der Waals surface area contributed by atoms with Gasteiger partial charge in [0.25, 0.3) is 0 Å². The molecule has 6 heteroatoms. The number of hydrogen-bond donors (Lipinski definition) is 0. The Hall–Kier alpha value is -3.83. The summed E-state index contributed by atoms with van der Waals surface area (Å²) in [6.45, 7) is 12.0. The van der Waals surface area contributed by atoms with Crippen LogP contribution in [0.3, 0.4) is 0 Å². The van der Waals surface area contributed by atoms with Crippen LogP contribution in [-0.2, 0) is 22.7 Å². The molecule has 0 saturated heterocycles. The van der Waals surface area contributed by atoms with Crippen molar-refractivity contribution in [2.75, 3.05) is 6.61 Å². The van der Waals surface area contributed by atoms with E-state index in [1.165, 1.54) is 0 Å². The van der Waals surface area contributed by atoms with Crippen molar-refractivity contribution in [3.05, 3.63) is 117 Å². The fraction of sp³-hybridized carbons (Fsp3) is 0.385. The van der Waals surface area contributed by atoms with Crippen LogP contribution in [0.5, 0.6) is 11.5 Å². The van der Waals surface area contributed by atoms with Gasteiger partial charge < -0.3 is 14.4 Å². The Morgan fingerprint density at radius 3 is 1.96 bits per heavy atom. The highest BCUT2D eigenvalue weighted by molar-refractivity contribution is 6.30. The lowest BCUT2D eigenvalue weighted by Crippen LogP contribution is -2.44. The van der Waals surface area contributed by atoms with Crippen LogP contribution in [0.1, 0.15) is 82.9 Å². The molecule has 0 atom stereocenters. The number of nitrogens with zero attached hydrogens (tertiary/aromatic N) is 1. The second-order valence-corrected chi connectivity index (χ2v) is 14.6. The molecular weight excluding hydrogens is 582 g/mol. The van der Waals surface area contributed by atoms with Crippen molar-refractivity contribution in [2.45, 2.75) is 79.4 Å². The number of allylic oxidation sites excluding steroid dienone is 4. The van der Waals surface area contributed by atoms with Gasteiger partial charge in [0, 0.05) is 52.9 Å². The van der Waals surface area contributed by atoms with Gasteiger partial charge in [-0.15, -0.1) is 0 Å². The normalized spacial score (nSPS) is 19.4. The quantitative estimate of drug-likeness (QED) is 0.250. The van der Waals surface area contributed by atoms with Crippen LogP contribution in [0.15, 0.2) is 95.3 Å². The molecule has 0 radical (unpaired) electrons. The van der Waals surface area contributed by atoms with Gasteiger partial charge in [-0.05, 0) is 71.6 Å². The third kappa shape index (κ3) is 6.46. The van der Waals surface area contributed by atoms with Crippen LogP contribution in [0.4, 0.5) is 0 Å². The van der Waals surface area contributed by atoms with E-state index < -0.39 is 5.92 Å². The number of ether oxygens (including phenoxy) is 2. The highest BCUT2D eigenvalue weighted by Gasteiger charge is 2.49. The number of carbonyl (C=O) groups is 2. The summed E-state index contributed by atoms with van der Waals surface area (Å²) in [5.74, 6) is 0.994. The lowest BCUT2D eigenvalue weighted by atomic mass is 9.63. The third-order valence-corrected chi connectivity index (χ3v) is 9.32. The van der Waals surface area contributed by atoms with Crippen LogP contribution in [0, 0.1) is 10.8 Å². The van der Waals surface area contributed by atoms with Gasteiger partial charge in [-0.25, -0.2) is 0 Å². The molecule has 0 unspecified atom stereocenters. The molecule has 1 aliphatic heterocycles. The second kappa shape index (κ2) is 12.2. The summed E-state index contributed by atoms with van der Waals surface area (Å²) in [6, 6.07) is 23.8. The lowest BCUT2D eigenvalue weighted by Gasteiger charge is -2.49. The van der Waals surface area contributed by atoms with Gasteiger partial charge in [-0.3, -0.25) is 9.59 Å². The number of benzene rings is 3. The molecule has 3 aromatic carbocycles. The van der Waals surface area contributed by atoms with E-state index in [-0.39, 0.29) is 22.4 Å². The summed E-state index contributed by atoms with van der Waals surface area (Å²) < 4.78 is 12.3. The predicted octanol–water partition coefficient (Wildman–Crippen LogP) is 9.20. The first-order valence-electron chi connectivity index (χ1n) is 15.9. The molecule has 3 aliphatic rings. The van der Waals surface area contributed by atoms with Gasteiger partial charge in [0.05, 0.1) is 6.61 Å². The molecule has 6 rings (SSSR count). The Balaban J connectivity index is 1.48. The van der Waals surface area contributed by atoms with Crippen LogP contribution in [-0.4, -0.2) is 23.1 Å². The van der Waals surface area contributed by atoms with Crippen LogP contribution in [0.25, 0.3) is 0 Å². The van der Waals surface area contributed by atoms with Gasteiger partial charge in [-0.2, -0.15) is 0 Å². The van der Waals surface area contributed by atoms with E-state index in [0.717, 1.165) is 52.1 Å². The molecule has 5 nitrogen and oxygen atoms in total. The highest BCUT2D eigenvalue weighted by Crippen LogP contribution is 2.55. The highest BCUT2D eigenvalue weighted by atomic mass is 35.5. The van der Waals surface area contributed by atoms with E-state index in [1.54, 1.807) is 0 Å². The molecule has 0 bridgehead atoms. The zero-order valence-electron chi connectivity index (χ0n) is 26.9.